The Kier molecular flexibility index (Phi) is 57.8. The third-order valence-corrected chi connectivity index (χ3v) is 15.5. The number of nitrogens with one attached hydrogen (secondary N) is 1. The van der Waals surface area contributed by atoms with Crippen molar-refractivity contribution in [3.05, 3.63) is 97.2 Å². The average Bonchev–Trinajstić information content (AvgIpc) is 3.44. The average molecular weight is 1150 g/mol. The Labute approximate surface area is 500 Å². The van der Waals surface area contributed by atoms with Gasteiger partial charge < -0.3 is 28.5 Å². The predicted molar refractivity (Wildman–Crippen MR) is 348 cm³/mol. The number of nitrogens with zero attached hydrogens (tertiary/aromatic N) is 1. The van der Waals surface area contributed by atoms with E-state index in [0.717, 1.165) is 128 Å². The fourth-order valence-electron chi connectivity index (χ4n) is 9.34. The summed E-state index contributed by atoms with van der Waals surface area (Å²) in [5.74, 6) is -0.559. The van der Waals surface area contributed by atoms with Crippen LogP contribution in [-0.2, 0) is 27.9 Å². The standard InChI is InChI=1S/C71H127N2O7P/c1-7-10-13-16-19-22-25-28-30-32-33-34-35-36-37-38-39-40-41-42-44-46-49-52-55-58-61-64-71(75)80-69(62-59-56-53-50-47-27-24-21-18-15-12-9-3)68(67-79-81(76,77)78-66-65-73(4,5)6)72-70(74)63-60-57-54-51-48-45-43-31-29-26-23-20-17-14-11-8-2/h10,13,19,22,28,30-31,33-34,36-37,39-40,43,59,62,68-69H,7-9,11-12,14-18,20-21,23-27,29,32,35,38,41-42,44-58,60-61,63-67H2,1-6H3,(H-,72,74,76,77)/b13-10-,22-19-,30-28-,34-33-,37-36-,40-39-,43-31+,62-59-. The molecule has 10 heteroatoms. The maximum Gasteiger partial charge on any atom is 0.306 e. The molecule has 0 spiro atoms. The molecule has 0 aromatic heterocycles. The van der Waals surface area contributed by atoms with Crippen LogP contribution in [0.4, 0.5) is 0 Å². The summed E-state index contributed by atoms with van der Waals surface area (Å²) in [6, 6.07) is -0.901. The van der Waals surface area contributed by atoms with Crippen molar-refractivity contribution in [3.8, 4) is 0 Å². The Morgan fingerprint density at radius 1 is 0.444 bits per heavy atom. The van der Waals surface area contributed by atoms with Gasteiger partial charge in [0.1, 0.15) is 19.3 Å². The first-order valence-electron chi connectivity index (χ1n) is 33.5. The molecule has 0 fully saturated rings. The molecule has 0 rings (SSSR count). The molecule has 81 heavy (non-hydrogen) atoms. The number of ether oxygens (including phenoxy) is 1. The van der Waals surface area contributed by atoms with Crippen molar-refractivity contribution in [2.24, 2.45) is 0 Å². The molecular formula is C71H127N2O7P. The Morgan fingerprint density at radius 3 is 1.20 bits per heavy atom. The summed E-state index contributed by atoms with van der Waals surface area (Å²) in [6.07, 6.45) is 80.9. The van der Waals surface area contributed by atoms with Crippen LogP contribution in [0.3, 0.4) is 0 Å². The monoisotopic (exact) mass is 1150 g/mol. The number of likely N-dealkylation sites (N-methyl/N-ethyl adjacent to an activating group) is 1. The highest BCUT2D eigenvalue weighted by molar-refractivity contribution is 7.45. The lowest BCUT2D eigenvalue weighted by molar-refractivity contribution is -0.870. The molecule has 0 saturated heterocycles. The van der Waals surface area contributed by atoms with Gasteiger partial charge in [-0.2, -0.15) is 0 Å². The van der Waals surface area contributed by atoms with Gasteiger partial charge in [-0.05, 0) is 109 Å². The Balaban J connectivity index is 5.13. The fourth-order valence-corrected chi connectivity index (χ4v) is 10.1. The predicted octanol–water partition coefficient (Wildman–Crippen LogP) is 20.5. The lowest BCUT2D eigenvalue weighted by atomic mass is 10.0. The van der Waals surface area contributed by atoms with E-state index in [0.29, 0.717) is 17.4 Å². The number of esters is 1. The van der Waals surface area contributed by atoms with Crippen molar-refractivity contribution in [3.63, 3.8) is 0 Å². The molecule has 1 N–H and O–H groups in total. The number of phosphoric acid groups is 1. The summed E-state index contributed by atoms with van der Waals surface area (Å²) in [7, 11) is 1.17. The SMILES string of the molecule is CC/C=C\C/C=C\C/C=C\C/C=C\C/C=C\C/C=C\CCCCCCCCCCC(=O)OC(/C=C\CCCCCCCCCCCC)C(COP(=O)([O-])OCC[N+](C)(C)C)NC(=O)CCCCCCC/C=C/CCCCCCCCC. The van der Waals surface area contributed by atoms with Crippen molar-refractivity contribution in [1.82, 2.24) is 5.32 Å². The van der Waals surface area contributed by atoms with Crippen LogP contribution in [0.25, 0.3) is 0 Å². The Bertz CT molecular complexity index is 1710. The van der Waals surface area contributed by atoms with Crippen LogP contribution in [0.1, 0.15) is 290 Å². The maximum absolute atomic E-state index is 13.5. The van der Waals surface area contributed by atoms with Crippen molar-refractivity contribution >= 4 is 19.7 Å². The van der Waals surface area contributed by atoms with Crippen LogP contribution in [0.2, 0.25) is 0 Å². The second-order valence-electron chi connectivity index (χ2n) is 23.6. The van der Waals surface area contributed by atoms with Gasteiger partial charge in [-0.3, -0.25) is 14.2 Å². The number of carbonyl (C=O) groups excluding carboxylic acids is 2. The van der Waals surface area contributed by atoms with Gasteiger partial charge in [0.25, 0.3) is 7.82 Å². The number of quaternary nitrogens is 1. The summed E-state index contributed by atoms with van der Waals surface area (Å²) in [5.41, 5.74) is 0. The molecule has 0 aromatic rings. The molecule has 0 heterocycles. The van der Waals surface area contributed by atoms with Gasteiger partial charge in [-0.15, -0.1) is 0 Å². The summed E-state index contributed by atoms with van der Waals surface area (Å²) >= 11 is 0. The largest absolute Gasteiger partial charge is 0.756 e. The molecule has 0 aliphatic rings. The molecule has 3 atom stereocenters. The first-order valence-corrected chi connectivity index (χ1v) is 35.0. The lowest BCUT2D eigenvalue weighted by Gasteiger charge is -2.30. The van der Waals surface area contributed by atoms with E-state index in [1.54, 1.807) is 0 Å². The van der Waals surface area contributed by atoms with Crippen molar-refractivity contribution in [2.45, 2.75) is 303 Å². The zero-order valence-electron chi connectivity index (χ0n) is 53.5. The third-order valence-electron chi connectivity index (χ3n) is 14.5. The maximum atomic E-state index is 13.5. The molecule has 1 amide bonds. The fraction of sp³-hybridized carbons (Fsp3) is 0.746. The second-order valence-corrected chi connectivity index (χ2v) is 25.0. The van der Waals surface area contributed by atoms with E-state index < -0.39 is 26.6 Å². The summed E-state index contributed by atoms with van der Waals surface area (Å²) in [4.78, 5) is 40.1. The molecule has 0 bridgehead atoms. The van der Waals surface area contributed by atoms with E-state index in [9.17, 15) is 19.0 Å². The minimum Gasteiger partial charge on any atom is -0.756 e. The van der Waals surface area contributed by atoms with E-state index in [-0.39, 0.29) is 24.9 Å². The summed E-state index contributed by atoms with van der Waals surface area (Å²) in [5, 5.41) is 3.03. The molecule has 468 valence electrons. The van der Waals surface area contributed by atoms with Crippen LogP contribution < -0.4 is 10.2 Å². The van der Waals surface area contributed by atoms with Gasteiger partial charge in [0, 0.05) is 12.8 Å². The number of rotatable bonds is 60. The smallest absolute Gasteiger partial charge is 0.306 e. The highest BCUT2D eigenvalue weighted by Gasteiger charge is 2.27. The Morgan fingerprint density at radius 2 is 0.790 bits per heavy atom. The van der Waals surface area contributed by atoms with Crippen molar-refractivity contribution < 1.29 is 37.3 Å². The minimum atomic E-state index is -4.71. The number of allylic oxidation sites excluding steroid dienone is 15. The third kappa shape index (κ3) is 61.3. The van der Waals surface area contributed by atoms with Crippen LogP contribution in [-0.4, -0.2) is 69.4 Å². The summed E-state index contributed by atoms with van der Waals surface area (Å²) < 4.78 is 30.4. The molecule has 0 aliphatic heterocycles. The molecule has 0 radical (unpaired) electrons. The quantitative estimate of drug-likeness (QED) is 0.0212. The van der Waals surface area contributed by atoms with Crippen LogP contribution >= 0.6 is 7.82 Å². The number of phosphoric ester groups is 1. The number of hydrogen-bond acceptors (Lipinski definition) is 7. The van der Waals surface area contributed by atoms with E-state index in [4.69, 9.17) is 13.8 Å². The van der Waals surface area contributed by atoms with Crippen molar-refractivity contribution in [2.75, 3.05) is 40.9 Å². The number of hydrogen-bond donors (Lipinski definition) is 1. The van der Waals surface area contributed by atoms with E-state index >= 15 is 0 Å². The van der Waals surface area contributed by atoms with Gasteiger partial charge in [0.05, 0.1) is 33.8 Å². The van der Waals surface area contributed by atoms with Crippen LogP contribution in [0.5, 0.6) is 0 Å². The highest BCUT2D eigenvalue weighted by atomic mass is 31.2. The molecule has 3 unspecified atom stereocenters. The van der Waals surface area contributed by atoms with Crippen LogP contribution in [0, 0.1) is 0 Å². The van der Waals surface area contributed by atoms with Crippen molar-refractivity contribution in [1.29, 1.82) is 0 Å². The first-order chi connectivity index (χ1) is 39.4. The lowest BCUT2D eigenvalue weighted by Crippen LogP contribution is -2.47. The second kappa shape index (κ2) is 60.1. The number of unbranched alkanes of at least 4 members (excludes halogenated alkanes) is 30. The van der Waals surface area contributed by atoms with E-state index in [1.165, 1.54) is 128 Å². The molecule has 0 aliphatic carbocycles. The zero-order valence-corrected chi connectivity index (χ0v) is 54.4. The summed E-state index contributed by atoms with van der Waals surface area (Å²) in [6.45, 7) is 6.72. The van der Waals surface area contributed by atoms with E-state index in [1.807, 2.05) is 33.3 Å². The van der Waals surface area contributed by atoms with Gasteiger partial charge in [-0.1, -0.05) is 266 Å². The number of amides is 1. The van der Waals surface area contributed by atoms with Gasteiger partial charge in [0.2, 0.25) is 5.91 Å². The first kappa shape index (κ1) is 77.9. The zero-order chi connectivity index (χ0) is 59.3. The molecule has 9 nitrogen and oxygen atoms in total. The Hall–Kier alpha value is -3.07. The molecule has 0 aromatic carbocycles. The topological polar surface area (TPSA) is 114 Å². The van der Waals surface area contributed by atoms with E-state index in [2.05, 4.69) is 111 Å². The molecule has 0 saturated carbocycles. The van der Waals surface area contributed by atoms with Gasteiger partial charge >= 0.3 is 5.97 Å². The van der Waals surface area contributed by atoms with Crippen LogP contribution in [0.15, 0.2) is 97.2 Å². The van der Waals surface area contributed by atoms with Gasteiger partial charge in [-0.25, -0.2) is 0 Å². The van der Waals surface area contributed by atoms with Gasteiger partial charge in [0.15, 0.2) is 0 Å². The normalized spacial score (nSPS) is 14.2. The highest BCUT2D eigenvalue weighted by Crippen LogP contribution is 2.38. The molecular weight excluding hydrogens is 1020 g/mol. The number of carbonyl (C=O) groups is 2. The minimum absolute atomic E-state index is 0.0287.